The first-order valence-electron chi connectivity index (χ1n) is 11.0. The number of benzene rings is 1. The van der Waals surface area contributed by atoms with Crippen LogP contribution >= 0.6 is 0 Å². The molecular formula is C22H28N4O4S. The Hall–Kier alpha value is -2.23. The van der Waals surface area contributed by atoms with E-state index in [-0.39, 0.29) is 12.5 Å². The molecule has 0 atom stereocenters. The Labute approximate surface area is 182 Å². The van der Waals surface area contributed by atoms with Crippen molar-refractivity contribution in [3.05, 3.63) is 46.3 Å². The Balaban J connectivity index is 1.44. The van der Waals surface area contributed by atoms with E-state index in [9.17, 15) is 13.2 Å². The van der Waals surface area contributed by atoms with Gasteiger partial charge in [0.2, 0.25) is 10.0 Å². The molecule has 0 N–H and O–H groups in total. The average Bonchev–Trinajstić information content (AvgIpc) is 3.14. The summed E-state index contributed by atoms with van der Waals surface area (Å²) in [6, 6.07) is 5.55. The molecule has 9 heteroatoms. The summed E-state index contributed by atoms with van der Waals surface area (Å²) in [6.07, 6.45) is 4.76. The first kappa shape index (κ1) is 20.7. The van der Waals surface area contributed by atoms with Gasteiger partial charge in [-0.15, -0.1) is 0 Å². The fraction of sp³-hybridized carbons (Fsp3) is 0.545. The Morgan fingerprint density at radius 2 is 1.77 bits per heavy atom. The highest BCUT2D eigenvalue weighted by Gasteiger charge is 2.35. The Bertz CT molecular complexity index is 1120. The lowest BCUT2D eigenvalue weighted by atomic mass is 9.92. The molecule has 3 aliphatic rings. The molecule has 0 unspecified atom stereocenters. The molecule has 1 saturated heterocycles. The lowest BCUT2D eigenvalue weighted by Gasteiger charge is -2.29. The maximum Gasteiger partial charge on any atom is 0.274 e. The molecule has 1 aliphatic carbocycles. The molecule has 166 valence electrons. The molecule has 1 amide bonds. The zero-order chi connectivity index (χ0) is 21.6. The summed E-state index contributed by atoms with van der Waals surface area (Å²) in [5.41, 5.74) is 4.44. The van der Waals surface area contributed by atoms with Crippen LogP contribution in [0, 0.1) is 0 Å². The SMILES string of the molecule is Cn1nc(C(=O)N2CCOCC2)c2c1CCN(S(=O)(=O)c1ccc3c(c1)CCCC3)C2. The second-order valence-corrected chi connectivity index (χ2v) is 10.5. The standard InChI is InChI=1S/C22H28N4O4S/c1-24-20-8-9-26(15-19(20)21(23-24)22(27)25-10-12-30-13-11-25)31(28,29)18-7-6-16-4-2-3-5-17(16)14-18/h6-7,14H,2-5,8-13,15H2,1H3. The second kappa shape index (κ2) is 8.03. The van der Waals surface area contributed by atoms with Crippen molar-refractivity contribution in [1.29, 1.82) is 0 Å². The minimum atomic E-state index is -3.64. The van der Waals surface area contributed by atoms with Gasteiger partial charge in [0.1, 0.15) is 0 Å². The van der Waals surface area contributed by atoms with Crippen LogP contribution in [0.5, 0.6) is 0 Å². The monoisotopic (exact) mass is 444 g/mol. The molecule has 0 radical (unpaired) electrons. The van der Waals surface area contributed by atoms with E-state index in [1.807, 2.05) is 19.2 Å². The summed E-state index contributed by atoms with van der Waals surface area (Å²) >= 11 is 0. The van der Waals surface area contributed by atoms with Crippen LogP contribution in [0.3, 0.4) is 0 Å². The summed E-state index contributed by atoms with van der Waals surface area (Å²) in [7, 11) is -1.82. The van der Waals surface area contributed by atoms with Gasteiger partial charge >= 0.3 is 0 Å². The molecule has 3 heterocycles. The number of nitrogens with zero attached hydrogens (tertiary/aromatic N) is 4. The largest absolute Gasteiger partial charge is 0.378 e. The predicted molar refractivity (Wildman–Crippen MR) is 114 cm³/mol. The maximum atomic E-state index is 13.5. The Kier molecular flexibility index (Phi) is 5.35. The number of aryl methyl sites for hydroxylation is 3. The molecule has 1 fully saturated rings. The Morgan fingerprint density at radius 3 is 2.55 bits per heavy atom. The zero-order valence-corrected chi connectivity index (χ0v) is 18.7. The fourth-order valence-corrected chi connectivity index (χ4v) is 6.34. The average molecular weight is 445 g/mol. The van der Waals surface area contributed by atoms with E-state index in [2.05, 4.69) is 5.10 Å². The molecule has 2 aromatic rings. The van der Waals surface area contributed by atoms with Crippen molar-refractivity contribution in [3.8, 4) is 0 Å². The van der Waals surface area contributed by atoms with Gasteiger partial charge in [-0.05, 0) is 48.9 Å². The number of hydrogen-bond donors (Lipinski definition) is 0. The number of ether oxygens (including phenoxy) is 1. The number of morpholine rings is 1. The first-order chi connectivity index (χ1) is 14.9. The maximum absolute atomic E-state index is 13.5. The van der Waals surface area contributed by atoms with Crippen LogP contribution in [0.2, 0.25) is 0 Å². The zero-order valence-electron chi connectivity index (χ0n) is 17.8. The highest BCUT2D eigenvalue weighted by Crippen LogP contribution is 2.30. The number of fused-ring (bicyclic) bond motifs is 2. The minimum Gasteiger partial charge on any atom is -0.378 e. The van der Waals surface area contributed by atoms with Crippen molar-refractivity contribution < 1.29 is 17.9 Å². The topological polar surface area (TPSA) is 84.7 Å². The highest BCUT2D eigenvalue weighted by atomic mass is 32.2. The number of carbonyl (C=O) groups is 1. The summed E-state index contributed by atoms with van der Waals surface area (Å²) in [5.74, 6) is -0.145. The van der Waals surface area contributed by atoms with E-state index in [0.717, 1.165) is 42.5 Å². The number of sulfonamides is 1. The molecule has 0 spiro atoms. The van der Waals surface area contributed by atoms with E-state index in [0.29, 0.717) is 49.9 Å². The smallest absolute Gasteiger partial charge is 0.274 e. The van der Waals surface area contributed by atoms with Gasteiger partial charge in [-0.3, -0.25) is 9.48 Å². The van der Waals surface area contributed by atoms with Crippen molar-refractivity contribution >= 4 is 15.9 Å². The highest BCUT2D eigenvalue weighted by molar-refractivity contribution is 7.89. The van der Waals surface area contributed by atoms with Crippen molar-refractivity contribution in [2.24, 2.45) is 7.05 Å². The van der Waals surface area contributed by atoms with Crippen LogP contribution in [0.25, 0.3) is 0 Å². The normalized spacial score (nSPS) is 19.7. The summed E-state index contributed by atoms with van der Waals surface area (Å²) in [4.78, 5) is 15.2. The number of rotatable bonds is 3. The minimum absolute atomic E-state index is 0.145. The van der Waals surface area contributed by atoms with E-state index in [1.54, 1.807) is 15.6 Å². The lowest BCUT2D eigenvalue weighted by Crippen LogP contribution is -2.42. The number of aromatic nitrogens is 2. The molecule has 1 aromatic carbocycles. The first-order valence-corrected chi connectivity index (χ1v) is 12.4. The van der Waals surface area contributed by atoms with Gasteiger partial charge in [-0.2, -0.15) is 9.40 Å². The quantitative estimate of drug-likeness (QED) is 0.717. The third-order valence-electron chi connectivity index (χ3n) is 6.67. The molecule has 1 aromatic heterocycles. The van der Waals surface area contributed by atoms with E-state index in [4.69, 9.17) is 4.74 Å². The molecule has 8 nitrogen and oxygen atoms in total. The molecule has 0 saturated carbocycles. The van der Waals surface area contributed by atoms with Crippen LogP contribution < -0.4 is 0 Å². The predicted octanol–water partition coefficient (Wildman–Crippen LogP) is 1.52. The summed E-state index contributed by atoms with van der Waals surface area (Å²) in [5, 5.41) is 4.48. The molecular weight excluding hydrogens is 416 g/mol. The second-order valence-electron chi connectivity index (χ2n) is 8.53. The number of hydrogen-bond acceptors (Lipinski definition) is 5. The van der Waals surface area contributed by atoms with Crippen molar-refractivity contribution in [2.75, 3.05) is 32.8 Å². The van der Waals surface area contributed by atoms with Gasteiger partial charge in [0.05, 0.1) is 18.1 Å². The van der Waals surface area contributed by atoms with Crippen LogP contribution in [0.15, 0.2) is 23.1 Å². The third kappa shape index (κ3) is 3.68. The molecule has 5 rings (SSSR count). The van der Waals surface area contributed by atoms with Crippen LogP contribution in [0.4, 0.5) is 0 Å². The van der Waals surface area contributed by atoms with Crippen molar-refractivity contribution in [3.63, 3.8) is 0 Å². The molecule has 2 aliphatic heterocycles. The van der Waals surface area contributed by atoms with Gasteiger partial charge in [0.15, 0.2) is 5.69 Å². The van der Waals surface area contributed by atoms with Crippen LogP contribution in [0.1, 0.15) is 45.7 Å². The molecule has 0 bridgehead atoms. The fourth-order valence-electron chi connectivity index (χ4n) is 4.88. The van der Waals surface area contributed by atoms with Gasteiger partial charge in [0, 0.05) is 50.9 Å². The van der Waals surface area contributed by atoms with Crippen LogP contribution in [-0.2, 0) is 47.6 Å². The third-order valence-corrected chi connectivity index (χ3v) is 8.51. The Morgan fingerprint density at radius 1 is 1.03 bits per heavy atom. The summed E-state index contributed by atoms with van der Waals surface area (Å²) in [6.45, 7) is 2.65. The van der Waals surface area contributed by atoms with Crippen molar-refractivity contribution in [1.82, 2.24) is 19.0 Å². The number of amides is 1. The van der Waals surface area contributed by atoms with E-state index >= 15 is 0 Å². The lowest BCUT2D eigenvalue weighted by molar-refractivity contribution is 0.0297. The van der Waals surface area contributed by atoms with E-state index < -0.39 is 10.0 Å². The van der Waals surface area contributed by atoms with Gasteiger partial charge in [-0.25, -0.2) is 8.42 Å². The van der Waals surface area contributed by atoms with Gasteiger partial charge in [0.25, 0.3) is 5.91 Å². The van der Waals surface area contributed by atoms with Gasteiger partial charge < -0.3 is 9.64 Å². The van der Waals surface area contributed by atoms with Crippen molar-refractivity contribution in [2.45, 2.75) is 43.5 Å². The van der Waals surface area contributed by atoms with Gasteiger partial charge in [-0.1, -0.05) is 6.07 Å². The van der Waals surface area contributed by atoms with Crippen LogP contribution in [-0.4, -0.2) is 66.2 Å². The summed E-state index contributed by atoms with van der Waals surface area (Å²) < 4.78 is 35.5. The van der Waals surface area contributed by atoms with E-state index in [1.165, 1.54) is 9.87 Å². The molecule has 31 heavy (non-hydrogen) atoms. The number of carbonyl (C=O) groups excluding carboxylic acids is 1.